The molecule has 0 radical (unpaired) electrons. The average Bonchev–Trinajstić information content (AvgIpc) is 2.99. The van der Waals surface area contributed by atoms with Crippen molar-refractivity contribution < 1.29 is 9.53 Å². The molecule has 1 N–H and O–H groups in total. The molecule has 146 valence electrons. The van der Waals surface area contributed by atoms with E-state index in [0.717, 1.165) is 48.9 Å². The number of nitrogens with one attached hydrogen (secondary N) is 1. The molecule has 2 aliphatic rings. The van der Waals surface area contributed by atoms with Crippen LogP contribution >= 0.6 is 11.3 Å². The van der Waals surface area contributed by atoms with Gasteiger partial charge < -0.3 is 9.72 Å². The van der Waals surface area contributed by atoms with Gasteiger partial charge in [-0.2, -0.15) is 0 Å². The van der Waals surface area contributed by atoms with Crippen molar-refractivity contribution in [3.8, 4) is 0 Å². The summed E-state index contributed by atoms with van der Waals surface area (Å²) in [4.78, 5) is 36.9. The predicted molar refractivity (Wildman–Crippen MR) is 106 cm³/mol. The molecule has 0 saturated carbocycles. The van der Waals surface area contributed by atoms with E-state index >= 15 is 0 Å². The smallest absolute Gasteiger partial charge is 0.310 e. The lowest BCUT2D eigenvalue weighted by Gasteiger charge is -2.30. The summed E-state index contributed by atoms with van der Waals surface area (Å²) in [5, 5.41) is 0.800. The van der Waals surface area contributed by atoms with Crippen molar-refractivity contribution >= 4 is 27.5 Å². The number of carbonyl (C=O) groups excluding carboxylic acids is 1. The summed E-state index contributed by atoms with van der Waals surface area (Å²) in [5.41, 5.74) is 1.20. The normalized spacial score (nSPS) is 23.3. The molecule has 7 heteroatoms. The molecule has 27 heavy (non-hydrogen) atoms. The van der Waals surface area contributed by atoms with Crippen molar-refractivity contribution in [3.05, 3.63) is 26.6 Å². The fourth-order valence-corrected chi connectivity index (χ4v) is 5.73. The quantitative estimate of drug-likeness (QED) is 0.814. The maximum Gasteiger partial charge on any atom is 0.310 e. The van der Waals surface area contributed by atoms with Crippen LogP contribution in [-0.4, -0.2) is 40.5 Å². The summed E-state index contributed by atoms with van der Waals surface area (Å²) in [7, 11) is 0. The molecule has 0 unspecified atom stereocenters. The Kier molecular flexibility index (Phi) is 5.32. The van der Waals surface area contributed by atoms with Gasteiger partial charge in [-0.25, -0.2) is 4.98 Å². The number of carbonyl (C=O) groups is 1. The van der Waals surface area contributed by atoms with Crippen LogP contribution in [0, 0.1) is 11.8 Å². The minimum absolute atomic E-state index is 0.0130. The molecule has 1 saturated heterocycles. The minimum atomic E-state index is -0.112. The lowest BCUT2D eigenvalue weighted by molar-refractivity contribution is -0.150. The van der Waals surface area contributed by atoms with Gasteiger partial charge in [-0.3, -0.25) is 14.5 Å². The van der Waals surface area contributed by atoms with E-state index in [4.69, 9.17) is 9.72 Å². The lowest BCUT2D eigenvalue weighted by atomic mass is 9.89. The number of rotatable bonds is 4. The number of piperidine rings is 1. The SMILES string of the molecule is CCOC(=O)[C@H]1CCCN(Cc2nc3sc4c(c3c(=O)[nH]2)CC[C@@H](C)C4)C1. The Labute approximate surface area is 162 Å². The van der Waals surface area contributed by atoms with Gasteiger partial charge in [0, 0.05) is 11.4 Å². The molecule has 0 amide bonds. The maximum absolute atomic E-state index is 12.7. The monoisotopic (exact) mass is 389 g/mol. The molecular formula is C20H27N3O3S. The zero-order chi connectivity index (χ0) is 19.0. The molecule has 2 atom stereocenters. The topological polar surface area (TPSA) is 75.3 Å². The maximum atomic E-state index is 12.7. The van der Waals surface area contributed by atoms with E-state index in [9.17, 15) is 9.59 Å². The second-order valence-electron chi connectivity index (χ2n) is 7.87. The number of likely N-dealkylation sites (tertiary alicyclic amines) is 1. The van der Waals surface area contributed by atoms with Gasteiger partial charge in [0.15, 0.2) is 0 Å². The number of nitrogens with zero attached hydrogens (tertiary/aromatic N) is 2. The number of aromatic amines is 1. The molecule has 0 bridgehead atoms. The van der Waals surface area contributed by atoms with Crippen LogP contribution < -0.4 is 5.56 Å². The van der Waals surface area contributed by atoms with E-state index in [1.807, 2.05) is 6.92 Å². The van der Waals surface area contributed by atoms with Gasteiger partial charge in [-0.05, 0) is 57.1 Å². The third kappa shape index (κ3) is 3.80. The molecule has 6 nitrogen and oxygen atoms in total. The Hall–Kier alpha value is -1.73. The molecule has 1 aliphatic carbocycles. The molecule has 4 rings (SSSR count). The zero-order valence-electron chi connectivity index (χ0n) is 16.0. The number of aromatic nitrogens is 2. The summed E-state index contributed by atoms with van der Waals surface area (Å²) < 4.78 is 5.17. The molecule has 1 fully saturated rings. The van der Waals surface area contributed by atoms with Gasteiger partial charge in [0.2, 0.25) is 0 Å². The van der Waals surface area contributed by atoms with Gasteiger partial charge in [0.05, 0.1) is 24.5 Å². The standard InChI is InChI=1S/C20H27N3O3S/c1-3-26-20(25)13-5-4-8-23(10-13)11-16-21-18(24)17-14-7-6-12(2)9-15(14)27-19(17)22-16/h12-13H,3-11H2,1-2H3,(H,21,22,24)/t12-,13+/m1/s1. The first-order valence-electron chi connectivity index (χ1n) is 9.97. The van der Waals surface area contributed by atoms with E-state index in [1.54, 1.807) is 11.3 Å². The number of ether oxygens (including phenoxy) is 1. The highest BCUT2D eigenvalue weighted by molar-refractivity contribution is 7.18. The second-order valence-corrected chi connectivity index (χ2v) is 8.95. The Morgan fingerprint density at radius 2 is 2.26 bits per heavy atom. The second kappa shape index (κ2) is 7.72. The Morgan fingerprint density at radius 1 is 1.41 bits per heavy atom. The van der Waals surface area contributed by atoms with Gasteiger partial charge in [0.25, 0.3) is 5.56 Å². The largest absolute Gasteiger partial charge is 0.466 e. The van der Waals surface area contributed by atoms with Gasteiger partial charge >= 0.3 is 5.97 Å². The number of esters is 1. The summed E-state index contributed by atoms with van der Waals surface area (Å²) in [6, 6.07) is 0. The Morgan fingerprint density at radius 3 is 3.07 bits per heavy atom. The van der Waals surface area contributed by atoms with Crippen LogP contribution in [0.4, 0.5) is 0 Å². The van der Waals surface area contributed by atoms with Gasteiger partial charge in [0.1, 0.15) is 10.7 Å². The molecule has 0 aromatic carbocycles. The lowest BCUT2D eigenvalue weighted by Crippen LogP contribution is -2.39. The van der Waals surface area contributed by atoms with E-state index in [2.05, 4.69) is 16.8 Å². The van der Waals surface area contributed by atoms with Crippen molar-refractivity contribution in [2.24, 2.45) is 11.8 Å². The summed E-state index contributed by atoms with van der Waals surface area (Å²) in [5.74, 6) is 1.18. The Bertz CT molecular complexity index is 904. The highest BCUT2D eigenvalue weighted by Crippen LogP contribution is 2.35. The van der Waals surface area contributed by atoms with Crippen LogP contribution in [-0.2, 0) is 28.9 Å². The number of fused-ring (bicyclic) bond motifs is 3. The van der Waals surface area contributed by atoms with E-state index in [0.29, 0.717) is 31.4 Å². The number of hydrogen-bond acceptors (Lipinski definition) is 6. The number of aryl methyl sites for hydroxylation is 1. The van der Waals surface area contributed by atoms with Crippen LogP contribution in [0.5, 0.6) is 0 Å². The van der Waals surface area contributed by atoms with E-state index < -0.39 is 0 Å². The first kappa shape index (κ1) is 18.6. The molecule has 2 aromatic rings. The highest BCUT2D eigenvalue weighted by atomic mass is 32.1. The van der Waals surface area contributed by atoms with Crippen molar-refractivity contribution in [3.63, 3.8) is 0 Å². The highest BCUT2D eigenvalue weighted by Gasteiger charge is 2.28. The minimum Gasteiger partial charge on any atom is -0.466 e. The predicted octanol–water partition coefficient (Wildman–Crippen LogP) is 2.88. The van der Waals surface area contributed by atoms with E-state index in [-0.39, 0.29) is 17.4 Å². The fourth-order valence-electron chi connectivity index (χ4n) is 4.33. The van der Waals surface area contributed by atoms with Crippen molar-refractivity contribution in [2.75, 3.05) is 19.7 Å². The molecule has 3 heterocycles. The average molecular weight is 390 g/mol. The first-order chi connectivity index (χ1) is 13.0. The number of hydrogen-bond donors (Lipinski definition) is 1. The first-order valence-corrected chi connectivity index (χ1v) is 10.8. The number of thiophene rings is 1. The van der Waals surface area contributed by atoms with Gasteiger partial charge in [-0.15, -0.1) is 11.3 Å². The molecule has 2 aromatic heterocycles. The molecule has 0 spiro atoms. The third-order valence-electron chi connectivity index (χ3n) is 5.71. The van der Waals surface area contributed by atoms with Crippen LogP contribution in [0.3, 0.4) is 0 Å². The summed E-state index contributed by atoms with van der Waals surface area (Å²) in [6.45, 7) is 6.67. The van der Waals surface area contributed by atoms with Crippen LogP contribution in [0.25, 0.3) is 10.2 Å². The van der Waals surface area contributed by atoms with Crippen molar-refractivity contribution in [1.82, 2.24) is 14.9 Å². The third-order valence-corrected chi connectivity index (χ3v) is 6.86. The van der Waals surface area contributed by atoms with Crippen molar-refractivity contribution in [2.45, 2.75) is 52.5 Å². The van der Waals surface area contributed by atoms with Crippen LogP contribution in [0.2, 0.25) is 0 Å². The fraction of sp³-hybridized carbons (Fsp3) is 0.650. The summed E-state index contributed by atoms with van der Waals surface area (Å²) >= 11 is 1.68. The van der Waals surface area contributed by atoms with E-state index in [1.165, 1.54) is 10.4 Å². The zero-order valence-corrected chi connectivity index (χ0v) is 16.9. The Balaban J connectivity index is 1.54. The molecule has 1 aliphatic heterocycles. The van der Waals surface area contributed by atoms with Crippen LogP contribution in [0.15, 0.2) is 4.79 Å². The van der Waals surface area contributed by atoms with Gasteiger partial charge in [-0.1, -0.05) is 6.92 Å². The summed E-state index contributed by atoms with van der Waals surface area (Å²) in [6.07, 6.45) is 5.00. The number of H-pyrrole nitrogens is 1. The van der Waals surface area contributed by atoms with Crippen molar-refractivity contribution in [1.29, 1.82) is 0 Å². The van der Waals surface area contributed by atoms with Crippen LogP contribution in [0.1, 0.15) is 49.4 Å². The molecular weight excluding hydrogens is 362 g/mol.